The van der Waals surface area contributed by atoms with Crippen LogP contribution in [0.15, 0.2) is 14.3 Å². The minimum absolute atomic E-state index is 0.477. The summed E-state index contributed by atoms with van der Waals surface area (Å²) < 4.78 is 8.00. The molecule has 1 aliphatic carbocycles. The smallest absolute Gasteiger partial charge is 0.0843 e. The lowest BCUT2D eigenvalue weighted by molar-refractivity contribution is -0.0290. The molecule has 2 rings (SSSR count). The Balaban J connectivity index is 1.90. The molecule has 19 heavy (non-hydrogen) atoms. The first-order chi connectivity index (χ1) is 9.13. The molecule has 108 valence electrons. The van der Waals surface area contributed by atoms with Gasteiger partial charge < -0.3 is 10.1 Å². The fourth-order valence-electron chi connectivity index (χ4n) is 2.65. The Labute approximate surface area is 136 Å². The normalized spacial score (nSPS) is 24.2. The van der Waals surface area contributed by atoms with Gasteiger partial charge in [-0.2, -0.15) is 0 Å². The number of ether oxygens (including phenoxy) is 1. The topological polar surface area (TPSA) is 21.3 Å². The first-order valence-corrected chi connectivity index (χ1v) is 9.34. The maximum absolute atomic E-state index is 5.65. The Hall–Kier alpha value is 0.580. The highest BCUT2D eigenvalue weighted by molar-refractivity contribution is 9.13. The number of rotatable bonds is 7. The first-order valence-electron chi connectivity index (χ1n) is 6.93. The zero-order chi connectivity index (χ0) is 13.8. The molecular weight excluding hydrogens is 390 g/mol. The molecule has 0 aliphatic heterocycles. The van der Waals surface area contributed by atoms with Crippen molar-refractivity contribution in [1.29, 1.82) is 0 Å². The molecule has 5 heteroatoms. The van der Waals surface area contributed by atoms with Gasteiger partial charge in [0, 0.05) is 22.0 Å². The van der Waals surface area contributed by atoms with Crippen LogP contribution in [0.1, 0.15) is 44.0 Å². The summed E-state index contributed by atoms with van der Waals surface area (Å²) in [6, 6.07) is 2.71. The van der Waals surface area contributed by atoms with Crippen molar-refractivity contribution in [3.8, 4) is 0 Å². The summed E-state index contributed by atoms with van der Waals surface area (Å²) >= 11 is 8.99. The quantitative estimate of drug-likeness (QED) is 0.672. The van der Waals surface area contributed by atoms with E-state index < -0.39 is 0 Å². The average Bonchev–Trinajstić information content (AvgIpc) is 2.66. The molecule has 1 heterocycles. The van der Waals surface area contributed by atoms with Crippen molar-refractivity contribution in [1.82, 2.24) is 5.32 Å². The molecule has 0 amide bonds. The molecule has 0 saturated heterocycles. The van der Waals surface area contributed by atoms with E-state index in [1.807, 2.05) is 11.3 Å². The van der Waals surface area contributed by atoms with Crippen molar-refractivity contribution < 1.29 is 4.74 Å². The van der Waals surface area contributed by atoms with E-state index >= 15 is 0 Å². The van der Waals surface area contributed by atoms with Gasteiger partial charge in [-0.1, -0.05) is 6.92 Å². The zero-order valence-corrected chi connectivity index (χ0v) is 15.4. The molecule has 1 aromatic rings. The maximum atomic E-state index is 5.65. The molecule has 0 radical (unpaired) electrons. The lowest BCUT2D eigenvalue weighted by atomic mass is 9.78. The summed E-state index contributed by atoms with van der Waals surface area (Å²) in [6.45, 7) is 6.11. The summed E-state index contributed by atoms with van der Waals surface area (Å²) in [7, 11) is 0. The molecule has 0 spiro atoms. The van der Waals surface area contributed by atoms with Gasteiger partial charge in [-0.15, -0.1) is 11.3 Å². The fraction of sp³-hybridized carbons (Fsp3) is 0.714. The Morgan fingerprint density at radius 3 is 2.68 bits per heavy atom. The third kappa shape index (κ3) is 4.27. The van der Waals surface area contributed by atoms with Crippen molar-refractivity contribution in [3.05, 3.63) is 19.2 Å². The second-order valence-electron chi connectivity index (χ2n) is 5.03. The van der Waals surface area contributed by atoms with E-state index in [9.17, 15) is 0 Å². The van der Waals surface area contributed by atoms with Crippen molar-refractivity contribution >= 4 is 43.2 Å². The molecule has 0 aromatic carbocycles. The van der Waals surface area contributed by atoms with Gasteiger partial charge in [-0.05, 0) is 76.6 Å². The number of thiophene rings is 1. The van der Waals surface area contributed by atoms with Crippen LogP contribution >= 0.6 is 43.2 Å². The number of hydrogen-bond acceptors (Lipinski definition) is 3. The molecule has 1 saturated carbocycles. The highest BCUT2D eigenvalue weighted by atomic mass is 79.9. The van der Waals surface area contributed by atoms with Crippen LogP contribution in [-0.2, 0) is 4.74 Å². The monoisotopic (exact) mass is 409 g/mol. The summed E-state index contributed by atoms with van der Waals surface area (Å²) in [5, 5.41) is 3.61. The van der Waals surface area contributed by atoms with E-state index in [0.29, 0.717) is 12.1 Å². The third-order valence-corrected chi connectivity index (χ3v) is 6.99. The standard InChI is InChI=1S/C14H21Br2NOS/c1-3-17-12(13-8-11(15)14(16)19-13)7-9-5-10(6-9)18-4-2/h8-10,12,17H,3-7H2,1-2H3. The average molecular weight is 411 g/mol. The van der Waals surface area contributed by atoms with Crippen molar-refractivity contribution in [3.63, 3.8) is 0 Å². The lowest BCUT2D eigenvalue weighted by Crippen LogP contribution is -2.34. The summed E-state index contributed by atoms with van der Waals surface area (Å²) in [4.78, 5) is 1.42. The molecule has 1 aromatic heterocycles. The zero-order valence-electron chi connectivity index (χ0n) is 11.4. The molecule has 1 fully saturated rings. The fourth-order valence-corrected chi connectivity index (χ4v) is 4.83. The number of hydrogen-bond donors (Lipinski definition) is 1. The Kier molecular flexibility index (Phi) is 6.34. The number of nitrogens with one attached hydrogen (secondary N) is 1. The van der Waals surface area contributed by atoms with Crippen molar-refractivity contribution in [2.24, 2.45) is 5.92 Å². The van der Waals surface area contributed by atoms with E-state index in [1.54, 1.807) is 0 Å². The van der Waals surface area contributed by atoms with Crippen LogP contribution in [-0.4, -0.2) is 19.3 Å². The van der Waals surface area contributed by atoms with Gasteiger partial charge in [0.15, 0.2) is 0 Å². The second-order valence-corrected chi connectivity index (χ2v) is 8.29. The SMILES string of the molecule is CCNC(CC1CC(OCC)C1)c1cc(Br)c(Br)s1. The number of halogens is 2. The van der Waals surface area contributed by atoms with E-state index in [-0.39, 0.29) is 0 Å². The van der Waals surface area contributed by atoms with E-state index in [1.165, 1.54) is 27.9 Å². The minimum atomic E-state index is 0.477. The maximum Gasteiger partial charge on any atom is 0.0843 e. The first kappa shape index (κ1) is 16.0. The van der Waals surface area contributed by atoms with Crippen LogP contribution in [0.3, 0.4) is 0 Å². The Morgan fingerprint density at radius 2 is 2.16 bits per heavy atom. The van der Waals surface area contributed by atoms with Crippen LogP contribution in [0.2, 0.25) is 0 Å². The summed E-state index contributed by atoms with van der Waals surface area (Å²) in [5.74, 6) is 0.806. The Bertz CT molecular complexity index is 385. The molecule has 0 bridgehead atoms. The van der Waals surface area contributed by atoms with Gasteiger partial charge in [0.1, 0.15) is 0 Å². The minimum Gasteiger partial charge on any atom is -0.378 e. The predicted molar refractivity (Wildman–Crippen MR) is 88.9 cm³/mol. The van der Waals surface area contributed by atoms with E-state index in [0.717, 1.165) is 23.5 Å². The Morgan fingerprint density at radius 1 is 1.42 bits per heavy atom. The van der Waals surface area contributed by atoms with Gasteiger partial charge in [-0.25, -0.2) is 0 Å². The van der Waals surface area contributed by atoms with Crippen LogP contribution in [0, 0.1) is 5.92 Å². The highest BCUT2D eigenvalue weighted by Crippen LogP contribution is 2.41. The summed E-state index contributed by atoms with van der Waals surface area (Å²) in [6.07, 6.45) is 4.18. The van der Waals surface area contributed by atoms with Crippen LogP contribution in [0.25, 0.3) is 0 Å². The van der Waals surface area contributed by atoms with Gasteiger partial charge in [0.25, 0.3) is 0 Å². The predicted octanol–water partition coefficient (Wildman–Crippen LogP) is 5.13. The van der Waals surface area contributed by atoms with E-state index in [2.05, 4.69) is 57.1 Å². The van der Waals surface area contributed by atoms with Gasteiger partial charge in [-0.3, -0.25) is 0 Å². The molecular formula is C14H21Br2NOS. The molecule has 1 atom stereocenters. The van der Waals surface area contributed by atoms with E-state index in [4.69, 9.17) is 4.74 Å². The molecule has 1 unspecified atom stereocenters. The van der Waals surface area contributed by atoms with Crippen LogP contribution in [0.4, 0.5) is 0 Å². The lowest BCUT2D eigenvalue weighted by Gasteiger charge is -2.37. The third-order valence-electron chi connectivity index (χ3n) is 3.62. The highest BCUT2D eigenvalue weighted by Gasteiger charge is 2.32. The van der Waals surface area contributed by atoms with Gasteiger partial charge >= 0.3 is 0 Å². The second kappa shape index (κ2) is 7.55. The molecule has 1 aliphatic rings. The molecule has 2 nitrogen and oxygen atoms in total. The van der Waals surface area contributed by atoms with Crippen molar-refractivity contribution in [2.45, 2.75) is 45.3 Å². The van der Waals surface area contributed by atoms with Gasteiger partial charge in [0.05, 0.1) is 9.89 Å². The summed E-state index contributed by atoms with van der Waals surface area (Å²) in [5.41, 5.74) is 0. The largest absolute Gasteiger partial charge is 0.378 e. The van der Waals surface area contributed by atoms with Gasteiger partial charge in [0.2, 0.25) is 0 Å². The van der Waals surface area contributed by atoms with Crippen LogP contribution < -0.4 is 5.32 Å². The van der Waals surface area contributed by atoms with Crippen molar-refractivity contribution in [2.75, 3.05) is 13.2 Å². The van der Waals surface area contributed by atoms with Crippen LogP contribution in [0.5, 0.6) is 0 Å². The molecule has 1 N–H and O–H groups in total.